The van der Waals surface area contributed by atoms with Gasteiger partial charge in [-0.05, 0) is 54.4 Å². The molecule has 1 aliphatic heterocycles. The maximum absolute atomic E-state index is 14.2. The number of sulfonamides is 1. The fraction of sp³-hybridized carbons (Fsp3) is 0.321. The number of ether oxygens (including phenoxy) is 2. The number of carbonyl (C=O) groups is 1. The fourth-order valence-corrected chi connectivity index (χ4v) is 6.70. The Kier molecular flexibility index (Phi) is 8.54. The summed E-state index contributed by atoms with van der Waals surface area (Å²) in [6.07, 6.45) is 4.12. The van der Waals surface area contributed by atoms with Crippen molar-refractivity contribution in [3.63, 3.8) is 0 Å². The minimum Gasteiger partial charge on any atom is -0.484 e. The smallest absolute Gasteiger partial charge is 0.341 e. The van der Waals surface area contributed by atoms with E-state index < -0.39 is 36.6 Å². The minimum atomic E-state index is -4.51. The van der Waals surface area contributed by atoms with Gasteiger partial charge in [0, 0.05) is 25.8 Å². The van der Waals surface area contributed by atoms with E-state index in [9.17, 15) is 27.8 Å². The van der Waals surface area contributed by atoms with E-state index in [2.05, 4.69) is 19.6 Å². The number of benzene rings is 2. The van der Waals surface area contributed by atoms with E-state index in [1.165, 1.54) is 18.2 Å². The van der Waals surface area contributed by atoms with Gasteiger partial charge < -0.3 is 24.1 Å². The van der Waals surface area contributed by atoms with E-state index in [0.717, 1.165) is 34.1 Å². The predicted molar refractivity (Wildman–Crippen MR) is 151 cm³/mol. The van der Waals surface area contributed by atoms with E-state index in [0.29, 0.717) is 16.9 Å². The van der Waals surface area contributed by atoms with Crippen molar-refractivity contribution in [2.45, 2.75) is 44.1 Å². The first-order valence-corrected chi connectivity index (χ1v) is 17.8. The van der Waals surface area contributed by atoms with E-state index in [-0.39, 0.29) is 47.3 Å². The topological polar surface area (TPSA) is 127 Å². The number of furan rings is 1. The number of fused-ring (bicyclic) bond motifs is 3. The van der Waals surface area contributed by atoms with Crippen LogP contribution in [0.1, 0.15) is 27.2 Å². The average Bonchev–Trinajstić information content (AvgIpc) is 3.26. The molecule has 40 heavy (non-hydrogen) atoms. The molecule has 3 aromatic rings. The van der Waals surface area contributed by atoms with Crippen molar-refractivity contribution in [3.8, 4) is 16.9 Å². The standard InChI is InChI=1S/C28H32FNO8SSi/c1-18-15-37-23-16-38-27-21(25(18)23)8-9-22(26(27)28(32)33)30(17-36-12-13-40(2,3)4)39(34,35)24-10-7-20(29)14-19(24)6-5-11-31/h5-10,14-15,31H,11-13,16-17H2,1-4H3,(H,32,33). The van der Waals surface area contributed by atoms with Gasteiger partial charge in [0.1, 0.15) is 36.2 Å². The number of aryl methyl sites for hydroxylation is 1. The molecule has 12 heteroatoms. The first-order chi connectivity index (χ1) is 18.8. The van der Waals surface area contributed by atoms with Crippen LogP contribution in [0, 0.1) is 12.7 Å². The van der Waals surface area contributed by atoms with Crippen molar-refractivity contribution in [1.29, 1.82) is 0 Å². The van der Waals surface area contributed by atoms with Crippen molar-refractivity contribution >= 4 is 35.8 Å². The molecule has 9 nitrogen and oxygen atoms in total. The molecular weight excluding hydrogens is 557 g/mol. The summed E-state index contributed by atoms with van der Waals surface area (Å²) in [6.45, 7) is 7.65. The van der Waals surface area contributed by atoms with Gasteiger partial charge in [-0.2, -0.15) is 0 Å². The lowest BCUT2D eigenvalue weighted by molar-refractivity contribution is 0.0691. The number of nitrogens with zero attached hydrogens (tertiary/aromatic N) is 1. The van der Waals surface area contributed by atoms with Crippen molar-refractivity contribution in [3.05, 3.63) is 70.9 Å². The number of carboxylic acid groups (broad SMARTS) is 1. The molecule has 214 valence electrons. The first-order valence-electron chi connectivity index (χ1n) is 12.6. The van der Waals surface area contributed by atoms with E-state index in [1.54, 1.807) is 12.3 Å². The second-order valence-corrected chi connectivity index (χ2v) is 18.1. The summed E-state index contributed by atoms with van der Waals surface area (Å²) in [6, 6.07) is 6.89. The maximum Gasteiger partial charge on any atom is 0.341 e. The van der Waals surface area contributed by atoms with Gasteiger partial charge in [-0.3, -0.25) is 0 Å². The normalized spacial score (nSPS) is 13.2. The molecule has 4 rings (SSSR count). The highest BCUT2D eigenvalue weighted by molar-refractivity contribution is 7.93. The molecule has 0 saturated carbocycles. The van der Waals surface area contributed by atoms with Crippen LogP contribution in [0.3, 0.4) is 0 Å². The highest BCUT2D eigenvalue weighted by Crippen LogP contribution is 2.46. The lowest BCUT2D eigenvalue weighted by Gasteiger charge is -2.29. The van der Waals surface area contributed by atoms with Gasteiger partial charge in [0.2, 0.25) is 0 Å². The van der Waals surface area contributed by atoms with Crippen LogP contribution in [0.5, 0.6) is 5.75 Å². The van der Waals surface area contributed by atoms with Crippen molar-refractivity contribution in [1.82, 2.24) is 0 Å². The van der Waals surface area contributed by atoms with Crippen LogP contribution in [-0.4, -0.2) is 52.6 Å². The number of hydrogen-bond acceptors (Lipinski definition) is 7. The molecule has 2 heterocycles. The van der Waals surface area contributed by atoms with Crippen LogP contribution in [0.25, 0.3) is 17.2 Å². The third-order valence-electron chi connectivity index (χ3n) is 6.43. The van der Waals surface area contributed by atoms with Gasteiger partial charge in [-0.15, -0.1) is 0 Å². The minimum absolute atomic E-state index is 0.00843. The van der Waals surface area contributed by atoms with Crippen LogP contribution in [0.4, 0.5) is 10.1 Å². The molecule has 0 fully saturated rings. The van der Waals surface area contributed by atoms with Crippen LogP contribution >= 0.6 is 0 Å². The second-order valence-electron chi connectivity index (χ2n) is 10.6. The van der Waals surface area contributed by atoms with Gasteiger partial charge in [-0.25, -0.2) is 21.9 Å². The Morgan fingerprint density at radius 1 is 1.23 bits per heavy atom. The zero-order valence-corrected chi connectivity index (χ0v) is 24.5. The molecule has 1 aromatic heterocycles. The van der Waals surface area contributed by atoms with Crippen molar-refractivity contribution in [2.24, 2.45) is 0 Å². The largest absolute Gasteiger partial charge is 0.484 e. The molecule has 0 aliphatic carbocycles. The molecule has 0 radical (unpaired) electrons. The Morgan fingerprint density at radius 2 is 1.98 bits per heavy atom. The van der Waals surface area contributed by atoms with Gasteiger partial charge in [0.25, 0.3) is 10.0 Å². The average molecular weight is 590 g/mol. The highest BCUT2D eigenvalue weighted by atomic mass is 32.2. The summed E-state index contributed by atoms with van der Waals surface area (Å²) in [7, 11) is -6.03. The lowest BCUT2D eigenvalue weighted by atomic mass is 9.96. The lowest BCUT2D eigenvalue weighted by Crippen LogP contribution is -2.36. The van der Waals surface area contributed by atoms with Gasteiger partial charge in [0.05, 0.1) is 23.5 Å². The Bertz CT molecular complexity index is 1560. The fourth-order valence-electron chi connectivity index (χ4n) is 4.41. The number of halogens is 1. The molecule has 0 saturated heterocycles. The van der Waals surface area contributed by atoms with E-state index in [4.69, 9.17) is 13.9 Å². The summed E-state index contributed by atoms with van der Waals surface area (Å²) >= 11 is 0. The SMILES string of the molecule is Cc1coc2c1-c1ccc(N(COCC[Si](C)(C)C)S(=O)(=O)c3ccc(F)cc3C=CCO)c(C(=O)O)c1OC2. The van der Waals surface area contributed by atoms with Crippen molar-refractivity contribution < 1.29 is 41.7 Å². The van der Waals surface area contributed by atoms with Crippen LogP contribution in [0.15, 0.2) is 52.0 Å². The van der Waals surface area contributed by atoms with Crippen LogP contribution in [-0.2, 0) is 21.4 Å². The van der Waals surface area contributed by atoms with Gasteiger partial charge >= 0.3 is 5.97 Å². The predicted octanol–water partition coefficient (Wildman–Crippen LogP) is 5.50. The first kappa shape index (κ1) is 29.5. The maximum atomic E-state index is 14.2. The Hall–Kier alpha value is -3.45. The van der Waals surface area contributed by atoms with E-state index >= 15 is 0 Å². The van der Waals surface area contributed by atoms with E-state index in [1.807, 2.05) is 6.92 Å². The monoisotopic (exact) mass is 589 g/mol. The highest BCUT2D eigenvalue weighted by Gasteiger charge is 2.35. The third kappa shape index (κ3) is 5.99. The summed E-state index contributed by atoms with van der Waals surface area (Å²) < 4.78 is 60.5. The number of hydrogen-bond donors (Lipinski definition) is 2. The van der Waals surface area contributed by atoms with Crippen LogP contribution in [0.2, 0.25) is 25.7 Å². The molecule has 2 N–H and O–H groups in total. The van der Waals surface area contributed by atoms with Gasteiger partial charge in [0.15, 0.2) is 0 Å². The number of carboxylic acids is 1. The molecular formula is C28H32FNO8SSi. The molecule has 0 amide bonds. The number of rotatable bonds is 11. The Balaban J connectivity index is 1.89. The third-order valence-corrected chi connectivity index (χ3v) is 9.95. The molecule has 2 aromatic carbocycles. The zero-order chi connectivity index (χ0) is 29.2. The number of aliphatic hydroxyl groups excluding tert-OH is 1. The summed E-state index contributed by atoms with van der Waals surface area (Å²) in [5, 5.41) is 19.5. The van der Waals surface area contributed by atoms with Crippen molar-refractivity contribution in [2.75, 3.05) is 24.2 Å². The quantitative estimate of drug-likeness (QED) is 0.171. The summed E-state index contributed by atoms with van der Waals surface area (Å²) in [5.74, 6) is -1.50. The zero-order valence-electron chi connectivity index (χ0n) is 22.7. The van der Waals surface area contributed by atoms with Gasteiger partial charge in [-0.1, -0.05) is 31.8 Å². The summed E-state index contributed by atoms with van der Waals surface area (Å²) in [5.41, 5.74) is 1.44. The summed E-state index contributed by atoms with van der Waals surface area (Å²) in [4.78, 5) is 12.4. The Labute approximate surface area is 233 Å². The molecule has 0 atom stereocenters. The van der Waals surface area contributed by atoms with Crippen LogP contribution < -0.4 is 9.04 Å². The molecule has 0 spiro atoms. The molecule has 1 aliphatic rings. The Morgan fingerprint density at radius 3 is 2.65 bits per heavy atom. The second kappa shape index (κ2) is 11.6. The number of aromatic carboxylic acids is 1. The molecule has 0 bridgehead atoms. The molecule has 0 unspecified atom stereocenters. The number of aliphatic hydroxyl groups is 1. The number of anilines is 1.